The lowest BCUT2D eigenvalue weighted by Crippen LogP contribution is -2.29. The highest BCUT2D eigenvalue weighted by atomic mass is 35.5. The van der Waals surface area contributed by atoms with Crippen molar-refractivity contribution in [1.82, 2.24) is 4.90 Å². The third-order valence-electron chi connectivity index (χ3n) is 4.11. The van der Waals surface area contributed by atoms with Crippen LogP contribution in [0.1, 0.15) is 42.9 Å². The zero-order valence-electron chi connectivity index (χ0n) is 11.2. The molecule has 4 heteroatoms. The lowest BCUT2D eigenvalue weighted by Gasteiger charge is -2.28. The van der Waals surface area contributed by atoms with E-state index >= 15 is 0 Å². The van der Waals surface area contributed by atoms with Crippen molar-refractivity contribution in [1.29, 1.82) is 0 Å². The lowest BCUT2D eigenvalue weighted by molar-refractivity contribution is 0.220. The Balaban J connectivity index is 1.81. The molecule has 0 aromatic heterocycles. The minimum Gasteiger partial charge on any atom is -0.493 e. The van der Waals surface area contributed by atoms with Crippen LogP contribution >= 0.6 is 11.6 Å². The van der Waals surface area contributed by atoms with E-state index in [0.717, 1.165) is 34.9 Å². The fourth-order valence-corrected chi connectivity index (χ4v) is 3.19. The van der Waals surface area contributed by atoms with Crippen LogP contribution in [-0.4, -0.2) is 24.6 Å². The van der Waals surface area contributed by atoms with Crippen molar-refractivity contribution >= 4 is 11.6 Å². The molecule has 3 rings (SSSR count). The Morgan fingerprint density at radius 2 is 2.05 bits per heavy atom. The summed E-state index contributed by atoms with van der Waals surface area (Å²) >= 11 is 6.41. The molecule has 1 aromatic carbocycles. The molecule has 2 N–H and O–H groups in total. The topological polar surface area (TPSA) is 38.5 Å². The minimum absolute atomic E-state index is 0.0605. The molecule has 1 saturated heterocycles. The highest BCUT2D eigenvalue weighted by Gasteiger charge is 2.21. The number of nitrogens with zero attached hydrogens (tertiary/aromatic N) is 1. The number of likely N-dealkylation sites (tertiary alicyclic amines) is 1. The third kappa shape index (κ3) is 2.88. The Labute approximate surface area is 119 Å². The molecule has 2 aliphatic heterocycles. The van der Waals surface area contributed by atoms with Crippen molar-refractivity contribution in [2.75, 3.05) is 19.7 Å². The summed E-state index contributed by atoms with van der Waals surface area (Å²) in [6, 6.07) is 4.15. The minimum atomic E-state index is 0.0605. The molecule has 2 aliphatic rings. The third-order valence-corrected chi connectivity index (χ3v) is 4.46. The van der Waals surface area contributed by atoms with E-state index in [1.165, 1.54) is 32.4 Å². The number of hydrogen-bond acceptors (Lipinski definition) is 3. The van der Waals surface area contributed by atoms with Gasteiger partial charge in [-0.05, 0) is 43.6 Å². The average Bonchev–Trinajstić information content (AvgIpc) is 2.42. The van der Waals surface area contributed by atoms with Gasteiger partial charge in [-0.25, -0.2) is 0 Å². The van der Waals surface area contributed by atoms with Gasteiger partial charge in [-0.1, -0.05) is 18.0 Å². The van der Waals surface area contributed by atoms with Crippen LogP contribution in [0.2, 0.25) is 5.02 Å². The molecule has 1 aromatic rings. The maximum absolute atomic E-state index is 6.41. The number of ether oxygens (including phenoxy) is 1. The van der Waals surface area contributed by atoms with Gasteiger partial charge in [0.25, 0.3) is 0 Å². The number of hydrogen-bond donors (Lipinski definition) is 1. The van der Waals surface area contributed by atoms with Crippen molar-refractivity contribution in [3.63, 3.8) is 0 Å². The van der Waals surface area contributed by atoms with Crippen LogP contribution < -0.4 is 10.5 Å². The Bertz CT molecular complexity index is 458. The molecular weight excluding hydrogens is 260 g/mol. The number of nitrogens with two attached hydrogens (primary N) is 1. The van der Waals surface area contributed by atoms with Gasteiger partial charge in [-0.15, -0.1) is 0 Å². The number of rotatable bonds is 2. The molecule has 0 radical (unpaired) electrons. The maximum atomic E-state index is 6.41. The second-order valence-electron chi connectivity index (χ2n) is 5.56. The summed E-state index contributed by atoms with van der Waals surface area (Å²) in [4.78, 5) is 2.47. The van der Waals surface area contributed by atoms with Crippen LogP contribution in [0, 0.1) is 0 Å². The van der Waals surface area contributed by atoms with E-state index in [1.807, 2.05) is 6.07 Å². The molecule has 1 fully saturated rings. The van der Waals surface area contributed by atoms with Gasteiger partial charge in [-0.3, -0.25) is 4.90 Å². The quantitative estimate of drug-likeness (QED) is 0.905. The van der Waals surface area contributed by atoms with Crippen LogP contribution in [0.3, 0.4) is 0 Å². The molecular formula is C15H21ClN2O. The summed E-state index contributed by atoms with van der Waals surface area (Å²) in [7, 11) is 0. The van der Waals surface area contributed by atoms with Gasteiger partial charge in [0, 0.05) is 29.6 Å². The van der Waals surface area contributed by atoms with E-state index in [4.69, 9.17) is 22.1 Å². The van der Waals surface area contributed by atoms with Gasteiger partial charge in [0.2, 0.25) is 0 Å². The first-order chi connectivity index (χ1) is 9.24. The monoisotopic (exact) mass is 280 g/mol. The summed E-state index contributed by atoms with van der Waals surface area (Å²) in [5, 5.41) is 0.824. The zero-order chi connectivity index (χ0) is 13.2. The molecule has 0 amide bonds. The average molecular weight is 281 g/mol. The van der Waals surface area contributed by atoms with Gasteiger partial charge < -0.3 is 10.5 Å². The first-order valence-corrected chi connectivity index (χ1v) is 7.55. The van der Waals surface area contributed by atoms with E-state index in [1.54, 1.807) is 0 Å². The molecule has 0 bridgehead atoms. The molecule has 1 atom stereocenters. The fourth-order valence-electron chi connectivity index (χ4n) is 2.96. The molecule has 104 valence electrons. The van der Waals surface area contributed by atoms with E-state index in [2.05, 4.69) is 11.0 Å². The summed E-state index contributed by atoms with van der Waals surface area (Å²) in [5.41, 5.74) is 8.32. The predicted molar refractivity (Wildman–Crippen MR) is 77.6 cm³/mol. The van der Waals surface area contributed by atoms with Crippen LogP contribution in [0.25, 0.3) is 0 Å². The van der Waals surface area contributed by atoms with Gasteiger partial charge >= 0.3 is 0 Å². The van der Waals surface area contributed by atoms with Crippen molar-refractivity contribution in [3.8, 4) is 5.75 Å². The zero-order valence-corrected chi connectivity index (χ0v) is 12.0. The number of halogens is 1. The Morgan fingerprint density at radius 1 is 1.26 bits per heavy atom. The SMILES string of the molecule is NC1CCOc2cc(CN3CCCCC3)c(Cl)cc21. The normalized spacial score (nSPS) is 23.8. The molecule has 0 saturated carbocycles. The van der Waals surface area contributed by atoms with Gasteiger partial charge in [0.05, 0.1) is 6.61 Å². The largest absolute Gasteiger partial charge is 0.493 e. The standard InChI is InChI=1S/C15H21ClN2O/c16-13-9-12-14(17)4-7-19-15(12)8-11(13)10-18-5-2-1-3-6-18/h8-9,14H,1-7,10,17H2. The lowest BCUT2D eigenvalue weighted by atomic mass is 9.99. The molecule has 1 unspecified atom stereocenters. The van der Waals surface area contributed by atoms with E-state index in [9.17, 15) is 0 Å². The number of fused-ring (bicyclic) bond motifs is 1. The molecule has 2 heterocycles. The Morgan fingerprint density at radius 3 is 2.84 bits per heavy atom. The second-order valence-corrected chi connectivity index (χ2v) is 5.97. The smallest absolute Gasteiger partial charge is 0.124 e. The van der Waals surface area contributed by atoms with Gasteiger partial charge in [-0.2, -0.15) is 0 Å². The van der Waals surface area contributed by atoms with Crippen molar-refractivity contribution in [3.05, 3.63) is 28.3 Å². The summed E-state index contributed by atoms with van der Waals surface area (Å²) in [5.74, 6) is 0.926. The first kappa shape index (κ1) is 13.2. The second kappa shape index (κ2) is 5.70. The fraction of sp³-hybridized carbons (Fsp3) is 0.600. The molecule has 0 aliphatic carbocycles. The summed E-state index contributed by atoms with van der Waals surface area (Å²) in [6.07, 6.45) is 4.81. The van der Waals surface area contributed by atoms with Crippen molar-refractivity contribution < 1.29 is 4.74 Å². The molecule has 0 spiro atoms. The molecule has 19 heavy (non-hydrogen) atoms. The van der Waals surface area contributed by atoms with Crippen LogP contribution in [0.5, 0.6) is 5.75 Å². The van der Waals surface area contributed by atoms with Crippen molar-refractivity contribution in [2.45, 2.75) is 38.3 Å². The van der Waals surface area contributed by atoms with Crippen molar-refractivity contribution in [2.24, 2.45) is 5.73 Å². The summed E-state index contributed by atoms with van der Waals surface area (Å²) < 4.78 is 5.72. The van der Waals surface area contributed by atoms with E-state index in [0.29, 0.717) is 6.61 Å². The summed E-state index contributed by atoms with van der Waals surface area (Å²) in [6.45, 7) is 3.98. The first-order valence-electron chi connectivity index (χ1n) is 7.17. The predicted octanol–water partition coefficient (Wildman–Crippen LogP) is 3.11. The van der Waals surface area contributed by atoms with Gasteiger partial charge in [0.1, 0.15) is 5.75 Å². The van der Waals surface area contributed by atoms with Crippen LogP contribution in [0.15, 0.2) is 12.1 Å². The van der Waals surface area contributed by atoms with Crippen LogP contribution in [0.4, 0.5) is 0 Å². The maximum Gasteiger partial charge on any atom is 0.124 e. The van der Waals surface area contributed by atoms with E-state index in [-0.39, 0.29) is 6.04 Å². The Kier molecular flexibility index (Phi) is 3.96. The number of benzene rings is 1. The van der Waals surface area contributed by atoms with Crippen LogP contribution in [-0.2, 0) is 6.54 Å². The van der Waals surface area contributed by atoms with Gasteiger partial charge in [0.15, 0.2) is 0 Å². The highest BCUT2D eigenvalue weighted by molar-refractivity contribution is 6.31. The molecule has 3 nitrogen and oxygen atoms in total. The van der Waals surface area contributed by atoms with E-state index < -0.39 is 0 Å². The highest BCUT2D eigenvalue weighted by Crippen LogP contribution is 2.35. The number of piperidine rings is 1. The Hall–Kier alpha value is -0.770.